The first-order chi connectivity index (χ1) is 11.6. The molecule has 2 amide bonds. The predicted octanol–water partition coefficient (Wildman–Crippen LogP) is 0.816. The molecule has 1 aromatic carbocycles. The highest BCUT2D eigenvalue weighted by molar-refractivity contribution is 5.89. The first-order valence-electron chi connectivity index (χ1n) is 8.45. The average molecular weight is 332 g/mol. The lowest BCUT2D eigenvalue weighted by Crippen LogP contribution is -2.52. The van der Waals surface area contributed by atoms with Crippen molar-refractivity contribution in [2.75, 3.05) is 32.9 Å². The van der Waals surface area contributed by atoms with Crippen LogP contribution in [-0.4, -0.2) is 65.7 Å². The van der Waals surface area contributed by atoms with Crippen molar-refractivity contribution in [3.8, 4) is 0 Å². The zero-order valence-electron chi connectivity index (χ0n) is 13.9. The topological polar surface area (TPSA) is 70.1 Å². The number of hydrogen-bond donors (Lipinski definition) is 1. The number of amides is 2. The minimum Gasteiger partial charge on any atom is -0.394 e. The van der Waals surface area contributed by atoms with E-state index < -0.39 is 0 Å². The summed E-state index contributed by atoms with van der Waals surface area (Å²) in [4.78, 5) is 28.7. The van der Waals surface area contributed by atoms with Gasteiger partial charge in [-0.15, -0.1) is 0 Å². The molecule has 2 fully saturated rings. The Hall–Kier alpha value is -1.92. The Kier molecular flexibility index (Phi) is 5.16. The number of rotatable bonds is 4. The van der Waals surface area contributed by atoms with Crippen LogP contribution < -0.4 is 0 Å². The van der Waals surface area contributed by atoms with E-state index in [-0.39, 0.29) is 42.8 Å². The molecule has 0 aromatic heterocycles. The van der Waals surface area contributed by atoms with E-state index in [9.17, 15) is 14.7 Å². The van der Waals surface area contributed by atoms with Crippen molar-refractivity contribution in [3.63, 3.8) is 0 Å². The number of morpholine rings is 1. The zero-order chi connectivity index (χ0) is 17.1. The molecular weight excluding hydrogens is 308 g/mol. The molecule has 0 spiro atoms. The van der Waals surface area contributed by atoms with Crippen molar-refractivity contribution in [3.05, 3.63) is 35.9 Å². The van der Waals surface area contributed by atoms with E-state index in [0.717, 1.165) is 5.56 Å². The molecule has 3 unspecified atom stereocenters. The number of likely N-dealkylation sites (tertiary alicyclic amines) is 1. The van der Waals surface area contributed by atoms with E-state index in [0.29, 0.717) is 26.3 Å². The van der Waals surface area contributed by atoms with Gasteiger partial charge >= 0.3 is 0 Å². The molecule has 0 saturated carbocycles. The van der Waals surface area contributed by atoms with Gasteiger partial charge in [0.1, 0.15) is 0 Å². The Labute approximate surface area is 142 Å². The average Bonchev–Trinajstić information content (AvgIpc) is 3.03. The summed E-state index contributed by atoms with van der Waals surface area (Å²) in [6, 6.07) is 9.50. The summed E-state index contributed by atoms with van der Waals surface area (Å²) in [7, 11) is 0. The Balaban J connectivity index is 1.69. The van der Waals surface area contributed by atoms with E-state index >= 15 is 0 Å². The van der Waals surface area contributed by atoms with Crippen LogP contribution in [0, 0.1) is 5.92 Å². The number of nitrogens with zero attached hydrogens (tertiary/aromatic N) is 2. The molecule has 2 heterocycles. The maximum absolute atomic E-state index is 12.8. The molecule has 24 heavy (non-hydrogen) atoms. The lowest BCUT2D eigenvalue weighted by molar-refractivity contribution is -0.145. The highest BCUT2D eigenvalue weighted by Crippen LogP contribution is 2.30. The molecule has 1 aromatic rings. The molecule has 0 bridgehead atoms. The molecule has 6 heteroatoms. The lowest BCUT2D eigenvalue weighted by Gasteiger charge is -2.36. The van der Waals surface area contributed by atoms with Gasteiger partial charge in [-0.25, -0.2) is 0 Å². The van der Waals surface area contributed by atoms with Gasteiger partial charge in [0.25, 0.3) is 0 Å². The van der Waals surface area contributed by atoms with E-state index in [1.165, 1.54) is 0 Å². The fourth-order valence-electron chi connectivity index (χ4n) is 3.51. The Morgan fingerprint density at radius 3 is 2.83 bits per heavy atom. The van der Waals surface area contributed by atoms with Gasteiger partial charge in [-0.3, -0.25) is 9.59 Å². The van der Waals surface area contributed by atoms with E-state index in [2.05, 4.69) is 0 Å². The summed E-state index contributed by atoms with van der Waals surface area (Å²) in [5, 5.41) is 9.44. The minimum atomic E-state index is -0.337. The molecule has 2 aliphatic heterocycles. The van der Waals surface area contributed by atoms with Crippen LogP contribution in [0.25, 0.3) is 0 Å². The smallest absolute Gasteiger partial charge is 0.228 e. The van der Waals surface area contributed by atoms with Crippen molar-refractivity contribution in [2.45, 2.75) is 25.4 Å². The van der Waals surface area contributed by atoms with Crippen LogP contribution in [0.15, 0.2) is 30.3 Å². The maximum atomic E-state index is 12.8. The first-order valence-corrected chi connectivity index (χ1v) is 8.45. The van der Waals surface area contributed by atoms with Gasteiger partial charge in [-0.05, 0) is 12.5 Å². The molecule has 2 saturated heterocycles. The van der Waals surface area contributed by atoms with Crippen LogP contribution in [0.3, 0.4) is 0 Å². The van der Waals surface area contributed by atoms with E-state index in [1.807, 2.05) is 37.3 Å². The third-order valence-electron chi connectivity index (χ3n) is 4.98. The lowest BCUT2D eigenvalue weighted by atomic mass is 10.0. The molecular formula is C18H24N2O4. The number of aliphatic hydroxyl groups is 1. The fourth-order valence-corrected chi connectivity index (χ4v) is 3.51. The van der Waals surface area contributed by atoms with Gasteiger partial charge in [-0.2, -0.15) is 0 Å². The van der Waals surface area contributed by atoms with Gasteiger partial charge in [0.05, 0.1) is 37.8 Å². The van der Waals surface area contributed by atoms with Crippen molar-refractivity contribution in [2.24, 2.45) is 5.92 Å². The monoisotopic (exact) mass is 332 g/mol. The standard InChI is InChI=1S/C18H24N2O4/c1-13(14-5-3-2-4-6-14)20-10-15(9-17(20)22)18(23)19-7-8-24-12-16(19)11-21/h2-6,13,15-16,21H,7-12H2,1H3. The molecule has 3 atom stereocenters. The van der Waals surface area contributed by atoms with Gasteiger partial charge in [0.15, 0.2) is 0 Å². The summed E-state index contributed by atoms with van der Waals surface area (Å²) in [5.74, 6) is -0.372. The summed E-state index contributed by atoms with van der Waals surface area (Å²) in [6.07, 6.45) is 0.242. The summed E-state index contributed by atoms with van der Waals surface area (Å²) < 4.78 is 5.32. The second-order valence-electron chi connectivity index (χ2n) is 6.48. The molecule has 0 aliphatic carbocycles. The number of carbonyl (C=O) groups is 2. The van der Waals surface area contributed by atoms with Crippen LogP contribution in [0.4, 0.5) is 0 Å². The van der Waals surface area contributed by atoms with Gasteiger partial charge < -0.3 is 19.6 Å². The van der Waals surface area contributed by atoms with Crippen LogP contribution in [0.1, 0.15) is 24.9 Å². The minimum absolute atomic E-state index is 0.0125. The third kappa shape index (κ3) is 3.30. The van der Waals surface area contributed by atoms with Crippen molar-refractivity contribution < 1.29 is 19.4 Å². The number of hydrogen-bond acceptors (Lipinski definition) is 4. The van der Waals surface area contributed by atoms with E-state index in [1.54, 1.807) is 9.80 Å². The quantitative estimate of drug-likeness (QED) is 0.886. The molecule has 0 radical (unpaired) electrons. The highest BCUT2D eigenvalue weighted by atomic mass is 16.5. The zero-order valence-corrected chi connectivity index (χ0v) is 13.9. The summed E-state index contributed by atoms with van der Waals surface area (Å²) >= 11 is 0. The van der Waals surface area contributed by atoms with Gasteiger partial charge in [-0.1, -0.05) is 30.3 Å². The normalized spacial score (nSPS) is 25.8. The van der Waals surface area contributed by atoms with E-state index in [4.69, 9.17) is 4.74 Å². The SMILES string of the molecule is CC(c1ccccc1)N1CC(C(=O)N2CCOCC2CO)CC1=O. The Bertz CT molecular complexity index is 592. The fraction of sp³-hybridized carbons (Fsp3) is 0.556. The summed E-state index contributed by atoms with van der Waals surface area (Å²) in [5.41, 5.74) is 1.07. The molecule has 2 aliphatic rings. The van der Waals surface area contributed by atoms with Crippen LogP contribution in [0.5, 0.6) is 0 Å². The van der Waals surface area contributed by atoms with Gasteiger partial charge in [0, 0.05) is 19.5 Å². The van der Waals surface area contributed by atoms with Crippen molar-refractivity contribution >= 4 is 11.8 Å². The Morgan fingerprint density at radius 1 is 1.38 bits per heavy atom. The van der Waals surface area contributed by atoms with Crippen LogP contribution in [0.2, 0.25) is 0 Å². The number of ether oxygens (including phenoxy) is 1. The molecule has 3 rings (SSSR count). The van der Waals surface area contributed by atoms with Crippen molar-refractivity contribution in [1.29, 1.82) is 0 Å². The molecule has 130 valence electrons. The first kappa shape index (κ1) is 16.9. The predicted molar refractivity (Wildman–Crippen MR) is 88.1 cm³/mol. The largest absolute Gasteiger partial charge is 0.394 e. The highest BCUT2D eigenvalue weighted by Gasteiger charge is 2.40. The number of carbonyl (C=O) groups excluding carboxylic acids is 2. The maximum Gasteiger partial charge on any atom is 0.228 e. The van der Waals surface area contributed by atoms with Crippen molar-refractivity contribution in [1.82, 2.24) is 9.80 Å². The van der Waals surface area contributed by atoms with Crippen LogP contribution >= 0.6 is 0 Å². The second-order valence-corrected chi connectivity index (χ2v) is 6.48. The molecule has 6 nitrogen and oxygen atoms in total. The van der Waals surface area contributed by atoms with Crippen LogP contribution in [-0.2, 0) is 14.3 Å². The number of benzene rings is 1. The second kappa shape index (κ2) is 7.32. The Morgan fingerprint density at radius 2 is 2.12 bits per heavy atom. The van der Waals surface area contributed by atoms with Gasteiger partial charge in [0.2, 0.25) is 11.8 Å². The molecule has 1 N–H and O–H groups in total. The number of aliphatic hydroxyl groups excluding tert-OH is 1. The third-order valence-corrected chi connectivity index (χ3v) is 4.98. The summed E-state index contributed by atoms with van der Waals surface area (Å²) in [6.45, 7) is 3.62.